The van der Waals surface area contributed by atoms with Gasteiger partial charge in [0.2, 0.25) is 0 Å². The lowest BCUT2D eigenvalue weighted by molar-refractivity contribution is -0.148. The molecule has 4 heteroatoms. The Labute approximate surface area is 148 Å². The molecule has 0 aromatic carbocycles. The van der Waals surface area contributed by atoms with E-state index in [0.717, 1.165) is 32.1 Å². The Balaban J connectivity index is 3.36. The lowest BCUT2D eigenvalue weighted by Gasteiger charge is -2.13. The summed E-state index contributed by atoms with van der Waals surface area (Å²) >= 11 is 0. The first kappa shape index (κ1) is 22.9. The van der Waals surface area contributed by atoms with Crippen LogP contribution in [-0.4, -0.2) is 25.2 Å². The van der Waals surface area contributed by atoms with Gasteiger partial charge in [0, 0.05) is 6.42 Å². The van der Waals surface area contributed by atoms with Crippen LogP contribution < -0.4 is 0 Å². The molecule has 142 valence electrons. The van der Waals surface area contributed by atoms with E-state index in [9.17, 15) is 9.59 Å². The van der Waals surface area contributed by atoms with Crippen molar-refractivity contribution < 1.29 is 19.1 Å². The largest absolute Gasteiger partial charge is 0.466 e. The normalized spacial score (nSPS) is 12.0. The van der Waals surface area contributed by atoms with E-state index in [2.05, 4.69) is 6.92 Å². The van der Waals surface area contributed by atoms with Crippen LogP contribution in [-0.2, 0) is 19.1 Å². The Morgan fingerprint density at radius 2 is 1.21 bits per heavy atom. The van der Waals surface area contributed by atoms with Crippen molar-refractivity contribution in [1.82, 2.24) is 0 Å². The van der Waals surface area contributed by atoms with Crippen molar-refractivity contribution in [1.29, 1.82) is 0 Å². The van der Waals surface area contributed by atoms with Crippen LogP contribution in [0.5, 0.6) is 0 Å². The van der Waals surface area contributed by atoms with E-state index in [4.69, 9.17) is 9.47 Å². The van der Waals surface area contributed by atoms with Crippen molar-refractivity contribution in [3.8, 4) is 0 Å². The zero-order valence-electron chi connectivity index (χ0n) is 16.1. The molecule has 24 heavy (non-hydrogen) atoms. The summed E-state index contributed by atoms with van der Waals surface area (Å²) in [6.07, 6.45) is 13.1. The first-order valence-corrected chi connectivity index (χ1v) is 9.97. The fourth-order valence-electron chi connectivity index (χ4n) is 2.88. The molecule has 1 atom stereocenters. The topological polar surface area (TPSA) is 52.6 Å². The third kappa shape index (κ3) is 13.4. The van der Waals surface area contributed by atoms with Crippen LogP contribution in [0.25, 0.3) is 0 Å². The number of hydrogen-bond donors (Lipinski definition) is 0. The summed E-state index contributed by atoms with van der Waals surface area (Å²) in [6.45, 7) is 6.73. The molecule has 0 radical (unpaired) electrons. The zero-order valence-corrected chi connectivity index (χ0v) is 16.1. The summed E-state index contributed by atoms with van der Waals surface area (Å²) < 4.78 is 10.0. The molecular formula is C20H38O4. The van der Waals surface area contributed by atoms with Gasteiger partial charge in [-0.3, -0.25) is 9.59 Å². The maximum Gasteiger partial charge on any atom is 0.308 e. The van der Waals surface area contributed by atoms with Crippen molar-refractivity contribution >= 4 is 11.9 Å². The lowest BCUT2D eigenvalue weighted by atomic mass is 9.98. The Morgan fingerprint density at radius 3 is 1.71 bits per heavy atom. The highest BCUT2D eigenvalue weighted by molar-refractivity contribution is 5.72. The van der Waals surface area contributed by atoms with Crippen LogP contribution in [0, 0.1) is 5.92 Å². The highest BCUT2D eigenvalue weighted by atomic mass is 16.5. The first-order valence-electron chi connectivity index (χ1n) is 9.97. The Kier molecular flexibility index (Phi) is 16.0. The van der Waals surface area contributed by atoms with Gasteiger partial charge in [-0.15, -0.1) is 0 Å². The first-order chi connectivity index (χ1) is 11.7. The lowest BCUT2D eigenvalue weighted by Crippen LogP contribution is -2.16. The van der Waals surface area contributed by atoms with E-state index in [-0.39, 0.29) is 17.9 Å². The van der Waals surface area contributed by atoms with Crippen LogP contribution >= 0.6 is 0 Å². The third-order valence-electron chi connectivity index (χ3n) is 4.35. The second-order valence-electron chi connectivity index (χ2n) is 6.38. The van der Waals surface area contributed by atoms with E-state index < -0.39 is 0 Å². The van der Waals surface area contributed by atoms with Crippen LogP contribution in [0.4, 0.5) is 0 Å². The molecule has 0 rings (SSSR count). The predicted molar refractivity (Wildman–Crippen MR) is 97.8 cm³/mol. The monoisotopic (exact) mass is 342 g/mol. The quantitative estimate of drug-likeness (QED) is 0.277. The van der Waals surface area contributed by atoms with Crippen molar-refractivity contribution in [2.24, 2.45) is 5.92 Å². The number of carbonyl (C=O) groups is 2. The predicted octanol–water partition coefficient (Wildman–Crippen LogP) is 5.43. The minimum Gasteiger partial charge on any atom is -0.466 e. The number of ether oxygens (including phenoxy) is 2. The molecule has 0 aromatic rings. The van der Waals surface area contributed by atoms with Gasteiger partial charge < -0.3 is 9.47 Å². The maximum absolute atomic E-state index is 11.7. The number of rotatable bonds is 16. The highest BCUT2D eigenvalue weighted by Crippen LogP contribution is 2.17. The average molecular weight is 343 g/mol. The zero-order chi connectivity index (χ0) is 18.0. The van der Waals surface area contributed by atoms with Gasteiger partial charge in [-0.1, -0.05) is 58.3 Å². The van der Waals surface area contributed by atoms with Gasteiger partial charge in [-0.2, -0.15) is 0 Å². The smallest absolute Gasteiger partial charge is 0.308 e. The van der Waals surface area contributed by atoms with Crippen LogP contribution in [0.15, 0.2) is 0 Å². The Bertz CT molecular complexity index is 315. The molecule has 0 N–H and O–H groups in total. The molecule has 0 aliphatic heterocycles. The summed E-state index contributed by atoms with van der Waals surface area (Å²) in [7, 11) is 0. The molecule has 0 saturated heterocycles. The standard InChI is InChI=1S/C20H38O4/c1-4-18(20(22)24-6-3)16-14-12-10-8-7-9-11-13-15-17-19(21)23-5-2/h18H,4-17H2,1-3H3. The van der Waals surface area contributed by atoms with E-state index in [0.29, 0.717) is 19.6 Å². The summed E-state index contributed by atoms with van der Waals surface area (Å²) in [5.74, 6) is -0.00197. The number of unbranched alkanes of at least 4 members (excludes halogenated alkanes) is 8. The summed E-state index contributed by atoms with van der Waals surface area (Å²) in [4.78, 5) is 22.9. The molecule has 0 aromatic heterocycles. The molecular weight excluding hydrogens is 304 g/mol. The molecule has 0 bridgehead atoms. The third-order valence-corrected chi connectivity index (χ3v) is 4.35. The van der Waals surface area contributed by atoms with Crippen molar-refractivity contribution in [2.75, 3.05) is 13.2 Å². The van der Waals surface area contributed by atoms with E-state index in [1.807, 2.05) is 13.8 Å². The molecule has 0 aliphatic rings. The second kappa shape index (κ2) is 16.8. The summed E-state index contributed by atoms with van der Waals surface area (Å²) in [6, 6.07) is 0. The highest BCUT2D eigenvalue weighted by Gasteiger charge is 2.16. The molecule has 0 aliphatic carbocycles. The van der Waals surface area contributed by atoms with Crippen molar-refractivity contribution in [3.63, 3.8) is 0 Å². The molecule has 0 fully saturated rings. The minimum absolute atomic E-state index is 0.0252. The van der Waals surface area contributed by atoms with Gasteiger partial charge in [0.05, 0.1) is 19.1 Å². The molecule has 4 nitrogen and oxygen atoms in total. The number of carbonyl (C=O) groups excluding carboxylic acids is 2. The van der Waals surface area contributed by atoms with Crippen LogP contribution in [0.1, 0.15) is 97.8 Å². The molecule has 0 amide bonds. The van der Waals surface area contributed by atoms with E-state index >= 15 is 0 Å². The summed E-state index contributed by atoms with van der Waals surface area (Å²) in [5.41, 5.74) is 0. The van der Waals surface area contributed by atoms with Gasteiger partial charge in [-0.25, -0.2) is 0 Å². The number of hydrogen-bond acceptors (Lipinski definition) is 4. The van der Waals surface area contributed by atoms with Gasteiger partial charge >= 0.3 is 11.9 Å². The van der Waals surface area contributed by atoms with Crippen molar-refractivity contribution in [2.45, 2.75) is 97.8 Å². The molecule has 0 spiro atoms. The van der Waals surface area contributed by atoms with E-state index in [1.54, 1.807) is 0 Å². The molecule has 0 saturated carbocycles. The summed E-state index contributed by atoms with van der Waals surface area (Å²) in [5, 5.41) is 0. The Hall–Kier alpha value is -1.06. The van der Waals surface area contributed by atoms with E-state index in [1.165, 1.54) is 38.5 Å². The second-order valence-corrected chi connectivity index (χ2v) is 6.38. The van der Waals surface area contributed by atoms with Crippen molar-refractivity contribution in [3.05, 3.63) is 0 Å². The molecule has 0 heterocycles. The van der Waals surface area contributed by atoms with Gasteiger partial charge in [0.25, 0.3) is 0 Å². The SMILES string of the molecule is CCOC(=O)CCCCCCCCCCCC(CC)C(=O)OCC. The number of esters is 2. The van der Waals surface area contributed by atoms with Crippen LogP contribution in [0.3, 0.4) is 0 Å². The van der Waals surface area contributed by atoms with Gasteiger partial charge in [0.1, 0.15) is 0 Å². The van der Waals surface area contributed by atoms with Gasteiger partial charge in [0.15, 0.2) is 0 Å². The fourth-order valence-corrected chi connectivity index (χ4v) is 2.88. The van der Waals surface area contributed by atoms with Gasteiger partial charge in [-0.05, 0) is 33.1 Å². The molecule has 1 unspecified atom stereocenters. The minimum atomic E-state index is -0.0642. The maximum atomic E-state index is 11.7. The fraction of sp³-hybridized carbons (Fsp3) is 0.900. The Morgan fingerprint density at radius 1 is 0.708 bits per heavy atom. The van der Waals surface area contributed by atoms with Crippen LogP contribution in [0.2, 0.25) is 0 Å². The average Bonchev–Trinajstić information content (AvgIpc) is 2.56.